The molecular formula is C14H20N2O2S2. The Bertz CT molecular complexity index is 594. The van der Waals surface area contributed by atoms with Gasteiger partial charge in [-0.05, 0) is 30.5 Å². The Kier molecular flexibility index (Phi) is 4.75. The van der Waals surface area contributed by atoms with Gasteiger partial charge in [-0.3, -0.25) is 4.99 Å². The topological polar surface area (TPSA) is 58.5 Å². The third-order valence-corrected chi connectivity index (χ3v) is 5.79. The van der Waals surface area contributed by atoms with Crippen LogP contribution >= 0.6 is 11.8 Å². The van der Waals surface area contributed by atoms with Crippen LogP contribution < -0.4 is 5.32 Å². The molecule has 1 aromatic rings. The Morgan fingerprint density at radius 1 is 1.30 bits per heavy atom. The number of nitrogens with zero attached hydrogens (tertiary/aromatic N) is 1. The van der Waals surface area contributed by atoms with Crippen molar-refractivity contribution < 1.29 is 8.42 Å². The molecule has 2 atom stereocenters. The zero-order chi connectivity index (χ0) is 14.8. The van der Waals surface area contributed by atoms with Crippen LogP contribution in [0.15, 0.2) is 34.2 Å². The first-order valence-corrected chi connectivity index (χ1v) is 9.47. The molecule has 0 spiro atoms. The Labute approximate surface area is 125 Å². The Morgan fingerprint density at radius 2 is 1.95 bits per heavy atom. The molecule has 110 valence electrons. The lowest BCUT2D eigenvalue weighted by atomic mass is 10.1. The predicted molar refractivity (Wildman–Crippen MR) is 84.9 cm³/mol. The molecule has 4 nitrogen and oxygen atoms in total. The molecule has 2 unspecified atom stereocenters. The van der Waals surface area contributed by atoms with Gasteiger partial charge in [0.1, 0.15) is 0 Å². The van der Waals surface area contributed by atoms with E-state index in [9.17, 15) is 8.42 Å². The average molecular weight is 312 g/mol. The zero-order valence-electron chi connectivity index (χ0n) is 12.0. The lowest BCUT2D eigenvalue weighted by molar-refractivity contribution is 0.490. The molecule has 1 aliphatic heterocycles. The molecule has 0 saturated carbocycles. The minimum atomic E-state index is -3.12. The van der Waals surface area contributed by atoms with Crippen LogP contribution in [0.4, 0.5) is 0 Å². The summed E-state index contributed by atoms with van der Waals surface area (Å²) in [6.45, 7) is 4.96. The fourth-order valence-corrected chi connectivity index (χ4v) is 3.59. The summed E-state index contributed by atoms with van der Waals surface area (Å²) in [7, 11) is -3.12. The van der Waals surface area contributed by atoms with Crippen LogP contribution in [0.3, 0.4) is 0 Å². The third-order valence-electron chi connectivity index (χ3n) is 3.44. The highest BCUT2D eigenvalue weighted by atomic mass is 32.2. The summed E-state index contributed by atoms with van der Waals surface area (Å²) in [6, 6.07) is 7.36. The highest BCUT2D eigenvalue weighted by Crippen LogP contribution is 2.20. The quantitative estimate of drug-likeness (QED) is 0.930. The largest absolute Gasteiger partial charge is 0.362 e. The van der Waals surface area contributed by atoms with Crippen LogP contribution in [-0.4, -0.2) is 31.6 Å². The Morgan fingerprint density at radius 3 is 2.50 bits per heavy atom. The summed E-state index contributed by atoms with van der Waals surface area (Å²) in [5, 5.41) is 4.36. The number of thioether (sulfide) groups is 1. The first-order chi connectivity index (χ1) is 9.36. The number of hydrogen-bond acceptors (Lipinski definition) is 4. The van der Waals surface area contributed by atoms with E-state index < -0.39 is 9.84 Å². The fourth-order valence-electron chi connectivity index (χ4n) is 1.83. The maximum Gasteiger partial charge on any atom is 0.175 e. The van der Waals surface area contributed by atoms with E-state index in [0.29, 0.717) is 23.4 Å². The van der Waals surface area contributed by atoms with E-state index in [1.807, 2.05) is 12.1 Å². The maximum absolute atomic E-state index is 11.4. The molecule has 0 radical (unpaired) electrons. The highest BCUT2D eigenvalue weighted by molar-refractivity contribution is 8.13. The number of hydrogen-bond donors (Lipinski definition) is 1. The molecule has 1 aromatic carbocycles. The molecule has 1 fully saturated rings. The van der Waals surface area contributed by atoms with Crippen LogP contribution in [0.1, 0.15) is 19.4 Å². The van der Waals surface area contributed by atoms with Gasteiger partial charge in [0.15, 0.2) is 15.0 Å². The van der Waals surface area contributed by atoms with E-state index in [2.05, 4.69) is 24.2 Å². The Hall–Kier alpha value is -1.01. The van der Waals surface area contributed by atoms with E-state index >= 15 is 0 Å². The molecule has 0 aliphatic carbocycles. The summed E-state index contributed by atoms with van der Waals surface area (Å²) < 4.78 is 22.8. The van der Waals surface area contributed by atoms with Crippen LogP contribution in [0.2, 0.25) is 0 Å². The molecule has 0 amide bonds. The number of nitrogens with one attached hydrogen (secondary N) is 1. The third kappa shape index (κ3) is 3.99. The van der Waals surface area contributed by atoms with Gasteiger partial charge in [-0.15, -0.1) is 0 Å². The molecule has 1 aliphatic rings. The second-order valence-corrected chi connectivity index (χ2v) is 8.28. The molecular weight excluding hydrogens is 292 g/mol. The standard InChI is InChI=1S/C14H20N2O2S2/c1-10-9-19-14(16-11(10)2)15-8-12-4-6-13(7-5-12)20(3,17)18/h4-7,10-11H,8-9H2,1-3H3,(H,15,16). The van der Waals surface area contributed by atoms with Crippen molar-refractivity contribution in [3.8, 4) is 0 Å². The van der Waals surface area contributed by atoms with Gasteiger partial charge in [-0.2, -0.15) is 0 Å². The monoisotopic (exact) mass is 312 g/mol. The van der Waals surface area contributed by atoms with Crippen molar-refractivity contribution in [2.24, 2.45) is 10.9 Å². The minimum Gasteiger partial charge on any atom is -0.362 e. The molecule has 6 heteroatoms. The van der Waals surface area contributed by atoms with Gasteiger partial charge < -0.3 is 5.32 Å². The number of sulfone groups is 1. The number of benzene rings is 1. The molecule has 2 rings (SSSR count). The van der Waals surface area contributed by atoms with Crippen molar-refractivity contribution in [1.82, 2.24) is 5.32 Å². The zero-order valence-corrected chi connectivity index (χ0v) is 13.6. The number of rotatable bonds is 3. The van der Waals surface area contributed by atoms with Crippen LogP contribution in [0.25, 0.3) is 0 Å². The molecule has 1 heterocycles. The van der Waals surface area contributed by atoms with Gasteiger partial charge in [0.05, 0.1) is 11.4 Å². The van der Waals surface area contributed by atoms with E-state index in [0.717, 1.165) is 16.5 Å². The van der Waals surface area contributed by atoms with Gasteiger partial charge in [0.2, 0.25) is 0 Å². The molecule has 0 bridgehead atoms. The van der Waals surface area contributed by atoms with Gasteiger partial charge in [0, 0.05) is 18.1 Å². The summed E-state index contributed by atoms with van der Waals surface area (Å²) in [5.41, 5.74) is 1.01. The average Bonchev–Trinajstić information content (AvgIpc) is 2.40. The SMILES string of the molecule is CC1CSC(=NCc2ccc(S(C)(=O)=O)cc2)NC1C. The molecule has 1 N–H and O–H groups in total. The lowest BCUT2D eigenvalue weighted by Gasteiger charge is -2.28. The van der Waals surface area contributed by atoms with E-state index in [-0.39, 0.29) is 0 Å². The Balaban J connectivity index is 2.01. The van der Waals surface area contributed by atoms with Crippen LogP contribution in [0, 0.1) is 5.92 Å². The first-order valence-electron chi connectivity index (χ1n) is 6.59. The highest BCUT2D eigenvalue weighted by Gasteiger charge is 2.20. The van der Waals surface area contributed by atoms with Gasteiger partial charge in [-0.25, -0.2) is 8.42 Å². The van der Waals surface area contributed by atoms with Gasteiger partial charge in [0.25, 0.3) is 0 Å². The molecule has 20 heavy (non-hydrogen) atoms. The van der Waals surface area contributed by atoms with Crippen LogP contribution in [0.5, 0.6) is 0 Å². The second-order valence-electron chi connectivity index (χ2n) is 5.26. The normalized spacial score (nSPS) is 25.4. The van der Waals surface area contributed by atoms with Gasteiger partial charge in [-0.1, -0.05) is 30.8 Å². The number of aliphatic imine (C=N–C) groups is 1. The second kappa shape index (κ2) is 6.18. The predicted octanol–water partition coefficient (Wildman–Crippen LogP) is 2.31. The van der Waals surface area contributed by atoms with Crippen molar-refractivity contribution >= 4 is 26.8 Å². The van der Waals surface area contributed by atoms with Crippen molar-refractivity contribution in [2.75, 3.05) is 12.0 Å². The minimum absolute atomic E-state index is 0.349. The van der Waals surface area contributed by atoms with Crippen molar-refractivity contribution in [1.29, 1.82) is 0 Å². The number of amidine groups is 1. The summed E-state index contributed by atoms with van der Waals surface area (Å²) >= 11 is 1.74. The fraction of sp³-hybridized carbons (Fsp3) is 0.500. The van der Waals surface area contributed by atoms with Crippen molar-refractivity contribution in [3.63, 3.8) is 0 Å². The molecule has 1 saturated heterocycles. The van der Waals surface area contributed by atoms with E-state index in [4.69, 9.17) is 0 Å². The molecule has 0 aromatic heterocycles. The summed E-state index contributed by atoms with van der Waals surface area (Å²) in [5.74, 6) is 1.73. The van der Waals surface area contributed by atoms with Crippen LogP contribution in [-0.2, 0) is 16.4 Å². The van der Waals surface area contributed by atoms with E-state index in [1.165, 1.54) is 6.26 Å². The van der Waals surface area contributed by atoms with Gasteiger partial charge >= 0.3 is 0 Å². The summed E-state index contributed by atoms with van der Waals surface area (Å²) in [6.07, 6.45) is 1.22. The van der Waals surface area contributed by atoms with E-state index in [1.54, 1.807) is 23.9 Å². The van der Waals surface area contributed by atoms with Crippen molar-refractivity contribution in [3.05, 3.63) is 29.8 Å². The van der Waals surface area contributed by atoms with Crippen molar-refractivity contribution in [2.45, 2.75) is 31.3 Å². The smallest absolute Gasteiger partial charge is 0.175 e. The lowest BCUT2D eigenvalue weighted by Crippen LogP contribution is -2.41. The first kappa shape index (κ1) is 15.4. The summed E-state index contributed by atoms with van der Waals surface area (Å²) in [4.78, 5) is 4.90. The maximum atomic E-state index is 11.4.